The molecule has 94 valence electrons. The second-order valence-electron chi connectivity index (χ2n) is 4.32. The summed E-state index contributed by atoms with van der Waals surface area (Å²) in [6, 6.07) is 11.8. The molecule has 0 spiro atoms. The van der Waals surface area contributed by atoms with Gasteiger partial charge in [0.2, 0.25) is 0 Å². The molecule has 1 aromatic heterocycles. The number of nitrogens with two attached hydrogens (primary N) is 1. The van der Waals surface area contributed by atoms with E-state index < -0.39 is 0 Å². The highest BCUT2D eigenvalue weighted by atomic mass is 16.5. The van der Waals surface area contributed by atoms with Gasteiger partial charge in [0.15, 0.2) is 0 Å². The van der Waals surface area contributed by atoms with E-state index in [1.807, 2.05) is 43.3 Å². The minimum Gasteiger partial charge on any atom is -0.456 e. The summed E-state index contributed by atoms with van der Waals surface area (Å²) in [6.45, 7) is 4.03. The molecule has 0 aliphatic rings. The van der Waals surface area contributed by atoms with Crippen LogP contribution in [0.25, 0.3) is 0 Å². The van der Waals surface area contributed by atoms with Crippen LogP contribution in [0.4, 0.5) is 0 Å². The number of aromatic nitrogens is 1. The molecule has 0 unspecified atom stereocenters. The maximum absolute atomic E-state index is 5.96. The molecule has 0 aliphatic heterocycles. The standard InChI is InChI=1S/C15H18N2O/c1-3-15(16)12-5-8-13(9-6-12)18-14-7-4-11(2)17-10-14/h4-10,15H,3,16H2,1-2H3/t15-/m0/s1. The second kappa shape index (κ2) is 5.65. The van der Waals surface area contributed by atoms with Gasteiger partial charge in [-0.15, -0.1) is 0 Å². The fraction of sp³-hybridized carbons (Fsp3) is 0.267. The SMILES string of the molecule is CC[C@H](N)c1ccc(Oc2ccc(C)nc2)cc1. The number of hydrogen-bond donors (Lipinski definition) is 1. The van der Waals surface area contributed by atoms with Crippen molar-refractivity contribution in [2.24, 2.45) is 5.73 Å². The minimum atomic E-state index is 0.0973. The van der Waals surface area contributed by atoms with Crippen LogP contribution in [0.1, 0.15) is 30.6 Å². The molecule has 2 N–H and O–H groups in total. The lowest BCUT2D eigenvalue weighted by Crippen LogP contribution is -2.07. The molecule has 0 radical (unpaired) electrons. The van der Waals surface area contributed by atoms with E-state index >= 15 is 0 Å². The van der Waals surface area contributed by atoms with Crippen LogP contribution in [0.15, 0.2) is 42.6 Å². The Labute approximate surface area is 108 Å². The maximum atomic E-state index is 5.96. The highest BCUT2D eigenvalue weighted by molar-refractivity contribution is 5.33. The number of aryl methyl sites for hydroxylation is 1. The molecule has 0 saturated carbocycles. The van der Waals surface area contributed by atoms with Gasteiger partial charge < -0.3 is 10.5 Å². The van der Waals surface area contributed by atoms with Crippen LogP contribution >= 0.6 is 0 Å². The maximum Gasteiger partial charge on any atom is 0.145 e. The number of pyridine rings is 1. The van der Waals surface area contributed by atoms with Crippen molar-refractivity contribution in [1.82, 2.24) is 4.98 Å². The summed E-state index contributed by atoms with van der Waals surface area (Å²) in [6.07, 6.45) is 2.66. The number of hydrogen-bond acceptors (Lipinski definition) is 3. The number of rotatable bonds is 4. The van der Waals surface area contributed by atoms with Crippen molar-refractivity contribution < 1.29 is 4.74 Å². The summed E-state index contributed by atoms with van der Waals surface area (Å²) in [4.78, 5) is 4.19. The summed E-state index contributed by atoms with van der Waals surface area (Å²) in [5.41, 5.74) is 8.07. The van der Waals surface area contributed by atoms with Gasteiger partial charge in [-0.25, -0.2) is 0 Å². The minimum absolute atomic E-state index is 0.0973. The summed E-state index contributed by atoms with van der Waals surface area (Å²) in [5, 5.41) is 0. The van der Waals surface area contributed by atoms with Gasteiger partial charge in [-0.1, -0.05) is 19.1 Å². The smallest absolute Gasteiger partial charge is 0.145 e. The summed E-state index contributed by atoms with van der Waals surface area (Å²) >= 11 is 0. The van der Waals surface area contributed by atoms with Gasteiger partial charge in [0.1, 0.15) is 11.5 Å². The molecule has 0 saturated heterocycles. The van der Waals surface area contributed by atoms with Crippen LogP contribution in [-0.4, -0.2) is 4.98 Å². The predicted octanol–water partition coefficient (Wildman–Crippen LogP) is 3.59. The first-order valence-electron chi connectivity index (χ1n) is 6.15. The van der Waals surface area contributed by atoms with Gasteiger partial charge in [-0.2, -0.15) is 0 Å². The molecule has 1 heterocycles. The first-order valence-corrected chi connectivity index (χ1v) is 6.15. The van der Waals surface area contributed by atoms with E-state index in [-0.39, 0.29) is 6.04 Å². The van der Waals surface area contributed by atoms with Gasteiger partial charge in [0.05, 0.1) is 6.20 Å². The van der Waals surface area contributed by atoms with E-state index in [2.05, 4.69) is 11.9 Å². The third kappa shape index (κ3) is 3.08. The highest BCUT2D eigenvalue weighted by Gasteiger charge is 2.03. The Morgan fingerprint density at radius 1 is 1.11 bits per heavy atom. The van der Waals surface area contributed by atoms with Crippen LogP contribution in [0.3, 0.4) is 0 Å². The van der Waals surface area contributed by atoms with Crippen molar-refractivity contribution in [2.75, 3.05) is 0 Å². The van der Waals surface area contributed by atoms with Crippen LogP contribution in [0.2, 0.25) is 0 Å². The van der Waals surface area contributed by atoms with Crippen molar-refractivity contribution in [3.63, 3.8) is 0 Å². The molecule has 0 amide bonds. The molecule has 18 heavy (non-hydrogen) atoms. The van der Waals surface area contributed by atoms with Gasteiger partial charge in [0.25, 0.3) is 0 Å². The van der Waals surface area contributed by atoms with Crippen molar-refractivity contribution in [3.05, 3.63) is 53.9 Å². The van der Waals surface area contributed by atoms with E-state index in [1.54, 1.807) is 6.20 Å². The van der Waals surface area contributed by atoms with Crippen LogP contribution < -0.4 is 10.5 Å². The zero-order valence-electron chi connectivity index (χ0n) is 10.8. The molecule has 1 aromatic carbocycles. The summed E-state index contributed by atoms with van der Waals surface area (Å²) in [7, 11) is 0. The third-order valence-corrected chi connectivity index (χ3v) is 2.87. The fourth-order valence-corrected chi connectivity index (χ4v) is 1.67. The van der Waals surface area contributed by atoms with Crippen molar-refractivity contribution >= 4 is 0 Å². The zero-order chi connectivity index (χ0) is 13.0. The van der Waals surface area contributed by atoms with Crippen molar-refractivity contribution in [1.29, 1.82) is 0 Å². The Balaban J connectivity index is 2.08. The van der Waals surface area contributed by atoms with Crippen LogP contribution in [0.5, 0.6) is 11.5 Å². The number of benzene rings is 1. The highest BCUT2D eigenvalue weighted by Crippen LogP contribution is 2.23. The Morgan fingerprint density at radius 2 is 1.78 bits per heavy atom. The van der Waals surface area contributed by atoms with Gasteiger partial charge in [0, 0.05) is 11.7 Å². The monoisotopic (exact) mass is 242 g/mol. The second-order valence-corrected chi connectivity index (χ2v) is 4.32. The van der Waals surface area contributed by atoms with E-state index in [0.29, 0.717) is 0 Å². The number of ether oxygens (including phenoxy) is 1. The molecule has 0 aliphatic carbocycles. The van der Waals surface area contributed by atoms with Gasteiger partial charge in [-0.3, -0.25) is 4.98 Å². The lowest BCUT2D eigenvalue weighted by Gasteiger charge is -2.10. The van der Waals surface area contributed by atoms with E-state index in [9.17, 15) is 0 Å². The lowest BCUT2D eigenvalue weighted by atomic mass is 10.1. The topological polar surface area (TPSA) is 48.1 Å². The van der Waals surface area contributed by atoms with Crippen LogP contribution in [-0.2, 0) is 0 Å². The summed E-state index contributed by atoms with van der Waals surface area (Å²) < 4.78 is 5.70. The number of nitrogens with zero attached hydrogens (tertiary/aromatic N) is 1. The van der Waals surface area contributed by atoms with Gasteiger partial charge in [-0.05, 0) is 43.2 Å². The molecule has 3 heteroatoms. The predicted molar refractivity (Wildman–Crippen MR) is 72.7 cm³/mol. The zero-order valence-corrected chi connectivity index (χ0v) is 10.8. The fourth-order valence-electron chi connectivity index (χ4n) is 1.67. The van der Waals surface area contributed by atoms with E-state index in [4.69, 9.17) is 10.5 Å². The molecular formula is C15H18N2O. The molecule has 1 atom stereocenters. The quantitative estimate of drug-likeness (QED) is 0.891. The largest absolute Gasteiger partial charge is 0.456 e. The molecular weight excluding hydrogens is 224 g/mol. The van der Waals surface area contributed by atoms with Crippen molar-refractivity contribution in [2.45, 2.75) is 26.3 Å². The third-order valence-electron chi connectivity index (χ3n) is 2.87. The molecule has 3 nitrogen and oxygen atoms in total. The van der Waals surface area contributed by atoms with Crippen LogP contribution in [0, 0.1) is 6.92 Å². The Bertz CT molecular complexity index is 491. The van der Waals surface area contributed by atoms with E-state index in [0.717, 1.165) is 29.2 Å². The Hall–Kier alpha value is -1.87. The van der Waals surface area contributed by atoms with Gasteiger partial charge >= 0.3 is 0 Å². The molecule has 0 bridgehead atoms. The first kappa shape index (κ1) is 12.6. The average molecular weight is 242 g/mol. The molecule has 2 aromatic rings. The molecule has 2 rings (SSSR count). The molecule has 0 fully saturated rings. The Kier molecular flexibility index (Phi) is 3.95. The Morgan fingerprint density at radius 3 is 2.33 bits per heavy atom. The van der Waals surface area contributed by atoms with Crippen molar-refractivity contribution in [3.8, 4) is 11.5 Å². The normalized spacial score (nSPS) is 12.2. The lowest BCUT2D eigenvalue weighted by molar-refractivity contribution is 0.479. The van der Waals surface area contributed by atoms with E-state index in [1.165, 1.54) is 0 Å². The summed E-state index contributed by atoms with van der Waals surface area (Å²) in [5.74, 6) is 1.54. The first-order chi connectivity index (χ1) is 8.69. The average Bonchev–Trinajstić information content (AvgIpc) is 2.41.